The Bertz CT molecular complexity index is 788. The Morgan fingerprint density at radius 2 is 1.69 bits per heavy atom. The highest BCUT2D eigenvalue weighted by atomic mass is 35.5. The number of anilines is 1. The molecule has 8 heteroatoms. The van der Waals surface area contributed by atoms with Crippen LogP contribution < -0.4 is 5.32 Å². The molecular weight excluding hydrogens is 354 g/mol. The van der Waals surface area contributed by atoms with Crippen LogP contribution in [0.3, 0.4) is 0 Å². The molecule has 0 radical (unpaired) electrons. The Morgan fingerprint density at radius 1 is 1.08 bits per heavy atom. The summed E-state index contributed by atoms with van der Waals surface area (Å²) in [5, 5.41) is 3.77. The van der Waals surface area contributed by atoms with Gasteiger partial charge in [0.1, 0.15) is 0 Å². The summed E-state index contributed by atoms with van der Waals surface area (Å²) in [6, 6.07) is 7.54. The van der Waals surface area contributed by atoms with Crippen LogP contribution in [0.25, 0.3) is 0 Å². The lowest BCUT2D eigenvalue weighted by Gasteiger charge is -2.34. The predicted molar refractivity (Wildman–Crippen MR) is 99.0 cm³/mol. The van der Waals surface area contributed by atoms with E-state index in [1.807, 2.05) is 24.3 Å². The highest BCUT2D eigenvalue weighted by Crippen LogP contribution is 2.16. The molecule has 7 nitrogen and oxygen atoms in total. The van der Waals surface area contributed by atoms with Gasteiger partial charge in [0.05, 0.1) is 5.56 Å². The molecule has 1 fully saturated rings. The van der Waals surface area contributed by atoms with E-state index < -0.39 is 0 Å². The van der Waals surface area contributed by atoms with E-state index in [1.54, 1.807) is 16.7 Å². The minimum absolute atomic E-state index is 0.0365. The van der Waals surface area contributed by atoms with E-state index in [2.05, 4.69) is 15.3 Å². The molecule has 1 aromatic heterocycles. The zero-order valence-corrected chi connectivity index (χ0v) is 15.2. The summed E-state index contributed by atoms with van der Waals surface area (Å²) in [7, 11) is 0. The second-order valence-electron chi connectivity index (χ2n) is 6.04. The van der Waals surface area contributed by atoms with E-state index in [1.165, 1.54) is 12.4 Å². The summed E-state index contributed by atoms with van der Waals surface area (Å²) in [4.78, 5) is 35.7. The van der Waals surface area contributed by atoms with Gasteiger partial charge in [-0.1, -0.05) is 29.8 Å². The minimum atomic E-state index is -0.120. The van der Waals surface area contributed by atoms with E-state index in [9.17, 15) is 9.59 Å². The third kappa shape index (κ3) is 4.29. The van der Waals surface area contributed by atoms with Crippen LogP contribution >= 0.6 is 11.6 Å². The van der Waals surface area contributed by atoms with Crippen LogP contribution in [0, 0.1) is 0 Å². The van der Waals surface area contributed by atoms with Gasteiger partial charge in [-0.2, -0.15) is 0 Å². The Balaban J connectivity index is 1.56. The molecule has 0 aliphatic carbocycles. The fraction of sp³-hybridized carbons (Fsp3) is 0.333. The number of aromatic nitrogens is 2. The van der Waals surface area contributed by atoms with Crippen molar-refractivity contribution in [2.45, 2.75) is 13.5 Å². The quantitative estimate of drug-likeness (QED) is 0.887. The van der Waals surface area contributed by atoms with Crippen LogP contribution in [0.15, 0.2) is 36.7 Å². The van der Waals surface area contributed by atoms with Gasteiger partial charge < -0.3 is 15.1 Å². The molecule has 0 saturated carbocycles. The van der Waals surface area contributed by atoms with E-state index in [4.69, 9.17) is 11.6 Å². The van der Waals surface area contributed by atoms with E-state index in [-0.39, 0.29) is 11.8 Å². The molecule has 1 aliphatic rings. The van der Waals surface area contributed by atoms with E-state index >= 15 is 0 Å². The van der Waals surface area contributed by atoms with Gasteiger partial charge in [-0.3, -0.25) is 9.59 Å². The lowest BCUT2D eigenvalue weighted by atomic mass is 10.2. The van der Waals surface area contributed by atoms with Crippen molar-refractivity contribution in [2.24, 2.45) is 0 Å². The highest BCUT2D eigenvalue weighted by molar-refractivity contribution is 6.31. The van der Waals surface area contributed by atoms with Crippen molar-refractivity contribution in [3.05, 3.63) is 52.8 Å². The van der Waals surface area contributed by atoms with Gasteiger partial charge in [0.25, 0.3) is 5.91 Å². The molecule has 1 aliphatic heterocycles. The number of nitrogens with one attached hydrogen (secondary N) is 1. The maximum absolute atomic E-state index is 12.5. The highest BCUT2D eigenvalue weighted by Gasteiger charge is 2.23. The van der Waals surface area contributed by atoms with Gasteiger partial charge >= 0.3 is 0 Å². The summed E-state index contributed by atoms with van der Waals surface area (Å²) in [5.74, 6) is 0.350. The number of nitrogens with zero attached hydrogens (tertiary/aromatic N) is 4. The fourth-order valence-corrected chi connectivity index (χ4v) is 2.96. The summed E-state index contributed by atoms with van der Waals surface area (Å²) in [5.41, 5.74) is 1.38. The number of carbonyl (C=O) groups excluding carboxylic acids is 2. The lowest BCUT2D eigenvalue weighted by molar-refractivity contribution is -0.130. The first-order valence-electron chi connectivity index (χ1n) is 8.38. The Morgan fingerprint density at radius 3 is 2.31 bits per heavy atom. The number of hydrogen-bond acceptors (Lipinski definition) is 5. The summed E-state index contributed by atoms with van der Waals surface area (Å²) >= 11 is 6.12. The fourth-order valence-electron chi connectivity index (χ4n) is 2.75. The van der Waals surface area contributed by atoms with Gasteiger partial charge in [-0.15, -0.1) is 0 Å². The third-order valence-corrected chi connectivity index (χ3v) is 4.67. The second kappa shape index (κ2) is 8.14. The molecule has 0 atom stereocenters. The normalized spacial score (nSPS) is 14.2. The molecule has 1 saturated heterocycles. The third-order valence-electron chi connectivity index (χ3n) is 4.31. The van der Waals surface area contributed by atoms with E-state index in [0.717, 1.165) is 5.56 Å². The largest absolute Gasteiger partial charge is 0.350 e. The first-order chi connectivity index (χ1) is 12.5. The maximum atomic E-state index is 12.5. The molecule has 136 valence electrons. The Hall–Kier alpha value is -2.67. The minimum Gasteiger partial charge on any atom is -0.350 e. The standard InChI is InChI=1S/C18H20ClN5O2/c1-13(25)23-6-8-24(9-7-23)17(26)15-11-21-18(22-12-15)20-10-14-4-2-3-5-16(14)19/h2-5,11-12H,6-10H2,1H3,(H,20,21,22). The van der Waals surface area contributed by atoms with Crippen LogP contribution in [-0.4, -0.2) is 57.8 Å². The molecular formula is C18H20ClN5O2. The number of carbonyl (C=O) groups is 2. The predicted octanol–water partition coefficient (Wildman–Crippen LogP) is 2.05. The topological polar surface area (TPSA) is 78.4 Å². The monoisotopic (exact) mass is 373 g/mol. The van der Waals surface area contributed by atoms with Crippen molar-refractivity contribution in [2.75, 3.05) is 31.5 Å². The van der Waals surface area contributed by atoms with Crippen molar-refractivity contribution in [3.63, 3.8) is 0 Å². The van der Waals surface area contributed by atoms with Crippen molar-refractivity contribution < 1.29 is 9.59 Å². The molecule has 0 unspecified atom stereocenters. The average Bonchev–Trinajstić information content (AvgIpc) is 2.67. The summed E-state index contributed by atoms with van der Waals surface area (Å²) in [6.45, 7) is 4.19. The van der Waals surface area contributed by atoms with Gasteiger partial charge in [0, 0.05) is 57.1 Å². The van der Waals surface area contributed by atoms with Crippen molar-refractivity contribution >= 4 is 29.4 Å². The van der Waals surface area contributed by atoms with Gasteiger partial charge in [-0.05, 0) is 11.6 Å². The molecule has 1 N–H and O–H groups in total. The molecule has 1 aromatic carbocycles. The zero-order valence-electron chi connectivity index (χ0n) is 14.5. The molecule has 0 spiro atoms. The molecule has 3 rings (SSSR count). The number of amides is 2. The number of rotatable bonds is 4. The number of benzene rings is 1. The van der Waals surface area contributed by atoms with Crippen LogP contribution in [0.1, 0.15) is 22.8 Å². The van der Waals surface area contributed by atoms with Crippen LogP contribution in [0.2, 0.25) is 5.02 Å². The van der Waals surface area contributed by atoms with Gasteiger partial charge in [0.2, 0.25) is 11.9 Å². The first kappa shape index (κ1) is 18.1. The smallest absolute Gasteiger partial charge is 0.257 e. The van der Waals surface area contributed by atoms with Crippen molar-refractivity contribution in [3.8, 4) is 0 Å². The average molecular weight is 374 g/mol. The number of halogens is 1. The molecule has 26 heavy (non-hydrogen) atoms. The van der Waals surface area contributed by atoms with Gasteiger partial charge in [-0.25, -0.2) is 9.97 Å². The Kier molecular flexibility index (Phi) is 5.68. The lowest BCUT2D eigenvalue weighted by Crippen LogP contribution is -2.50. The zero-order chi connectivity index (χ0) is 18.5. The maximum Gasteiger partial charge on any atom is 0.257 e. The second-order valence-corrected chi connectivity index (χ2v) is 6.45. The molecule has 2 heterocycles. The number of hydrogen-bond donors (Lipinski definition) is 1. The molecule has 0 bridgehead atoms. The van der Waals surface area contributed by atoms with Gasteiger partial charge in [0.15, 0.2) is 0 Å². The summed E-state index contributed by atoms with van der Waals surface area (Å²) < 4.78 is 0. The van der Waals surface area contributed by atoms with Crippen LogP contribution in [0.5, 0.6) is 0 Å². The van der Waals surface area contributed by atoms with E-state index in [0.29, 0.717) is 49.3 Å². The summed E-state index contributed by atoms with van der Waals surface area (Å²) in [6.07, 6.45) is 3.03. The van der Waals surface area contributed by atoms with Crippen LogP contribution in [0.4, 0.5) is 5.95 Å². The molecule has 2 aromatic rings. The van der Waals surface area contributed by atoms with Crippen molar-refractivity contribution in [1.29, 1.82) is 0 Å². The first-order valence-corrected chi connectivity index (χ1v) is 8.76. The Labute approximate surface area is 157 Å². The van der Waals surface area contributed by atoms with Crippen LogP contribution in [-0.2, 0) is 11.3 Å². The molecule has 2 amide bonds. The van der Waals surface area contributed by atoms with Crippen molar-refractivity contribution in [1.82, 2.24) is 19.8 Å². The number of piperazine rings is 1. The SMILES string of the molecule is CC(=O)N1CCN(C(=O)c2cnc(NCc3ccccc3Cl)nc2)CC1.